The number of aryl methyl sites for hydroxylation is 1. The van der Waals surface area contributed by atoms with E-state index < -0.39 is 0 Å². The molecule has 0 unspecified atom stereocenters. The molecule has 1 rings (SSSR count). The lowest BCUT2D eigenvalue weighted by atomic mass is 10.2. The monoisotopic (exact) mass is 182 g/mol. The molecule has 1 heterocycles. The first-order valence-corrected chi connectivity index (χ1v) is 4.95. The highest BCUT2D eigenvalue weighted by molar-refractivity contribution is 5.04. The number of unbranched alkanes of at least 4 members (excludes halogenated alkanes) is 1. The number of aromatic amines is 1. The van der Waals surface area contributed by atoms with Crippen LogP contribution in [0.25, 0.3) is 0 Å². The molecule has 0 fully saturated rings. The number of nitrogens with zero attached hydrogens (tertiary/aromatic N) is 1. The van der Waals surface area contributed by atoms with E-state index >= 15 is 0 Å². The summed E-state index contributed by atoms with van der Waals surface area (Å²) in [5.41, 5.74) is 0.984. The van der Waals surface area contributed by atoms with Gasteiger partial charge < -0.3 is 0 Å². The van der Waals surface area contributed by atoms with Gasteiger partial charge in [0.2, 0.25) is 0 Å². The van der Waals surface area contributed by atoms with Crippen molar-refractivity contribution in [3.05, 3.63) is 22.1 Å². The number of nitrogens with one attached hydrogen (secondary N) is 1. The fraction of sp³-hybridized carbons (Fsp3) is 0.700. The van der Waals surface area contributed by atoms with Crippen molar-refractivity contribution < 1.29 is 0 Å². The lowest BCUT2D eigenvalue weighted by Crippen LogP contribution is -2.09. The summed E-state index contributed by atoms with van der Waals surface area (Å²) in [6.45, 7) is 6.24. The van der Waals surface area contributed by atoms with Crippen molar-refractivity contribution in [1.82, 2.24) is 9.78 Å². The van der Waals surface area contributed by atoms with Crippen molar-refractivity contribution in [3.8, 4) is 0 Å². The Morgan fingerprint density at radius 3 is 2.69 bits per heavy atom. The van der Waals surface area contributed by atoms with Crippen LogP contribution in [0.2, 0.25) is 0 Å². The number of rotatable bonds is 4. The summed E-state index contributed by atoms with van der Waals surface area (Å²) in [5.74, 6) is 0. The van der Waals surface area contributed by atoms with Gasteiger partial charge in [0.05, 0.1) is 0 Å². The van der Waals surface area contributed by atoms with Crippen LogP contribution in [0.4, 0.5) is 0 Å². The molecule has 0 atom stereocenters. The van der Waals surface area contributed by atoms with Gasteiger partial charge in [-0.3, -0.25) is 14.6 Å². The molecule has 0 aliphatic carbocycles. The highest BCUT2D eigenvalue weighted by atomic mass is 16.1. The molecule has 1 N–H and O–H groups in total. The Morgan fingerprint density at radius 1 is 1.54 bits per heavy atom. The van der Waals surface area contributed by atoms with Crippen molar-refractivity contribution in [3.63, 3.8) is 0 Å². The molecule has 0 saturated heterocycles. The van der Waals surface area contributed by atoms with E-state index in [1.165, 1.54) is 0 Å². The predicted molar refractivity (Wildman–Crippen MR) is 54.0 cm³/mol. The summed E-state index contributed by atoms with van der Waals surface area (Å²) in [5, 5.41) is 2.81. The van der Waals surface area contributed by atoms with E-state index in [-0.39, 0.29) is 5.56 Å². The molecule has 0 saturated carbocycles. The van der Waals surface area contributed by atoms with Crippen molar-refractivity contribution >= 4 is 0 Å². The first-order valence-electron chi connectivity index (χ1n) is 4.95. The second kappa shape index (κ2) is 4.30. The Morgan fingerprint density at radius 2 is 2.23 bits per heavy atom. The molecule has 3 heteroatoms. The molecule has 0 aromatic carbocycles. The molecule has 1 aromatic heterocycles. The minimum Gasteiger partial charge on any atom is -0.290 e. The molecular weight excluding hydrogens is 164 g/mol. The Bertz CT molecular complexity index is 309. The Balaban J connectivity index is 2.78. The van der Waals surface area contributed by atoms with Crippen LogP contribution in [0.15, 0.2) is 11.0 Å². The minimum atomic E-state index is 0.0714. The molecule has 0 aliphatic rings. The SMILES string of the molecule is CCCCc1cn(C(C)C)[nH]c1=O. The van der Waals surface area contributed by atoms with Gasteiger partial charge in [-0.25, -0.2) is 0 Å². The van der Waals surface area contributed by atoms with Gasteiger partial charge in [0.25, 0.3) is 5.56 Å². The zero-order valence-corrected chi connectivity index (χ0v) is 8.63. The second-order valence-corrected chi connectivity index (χ2v) is 3.70. The molecule has 0 amide bonds. The third-order valence-electron chi connectivity index (χ3n) is 2.17. The van der Waals surface area contributed by atoms with Crippen molar-refractivity contribution in [2.75, 3.05) is 0 Å². The third-order valence-corrected chi connectivity index (χ3v) is 2.17. The minimum absolute atomic E-state index is 0.0714. The second-order valence-electron chi connectivity index (χ2n) is 3.70. The van der Waals surface area contributed by atoms with Crippen LogP contribution in [-0.4, -0.2) is 9.78 Å². The van der Waals surface area contributed by atoms with Gasteiger partial charge in [-0.1, -0.05) is 13.3 Å². The molecule has 0 aliphatic heterocycles. The topological polar surface area (TPSA) is 37.8 Å². The summed E-state index contributed by atoms with van der Waals surface area (Å²) in [6.07, 6.45) is 5.05. The van der Waals surface area contributed by atoms with Gasteiger partial charge in [-0.15, -0.1) is 0 Å². The highest BCUT2D eigenvalue weighted by Gasteiger charge is 2.04. The van der Waals surface area contributed by atoms with Crippen LogP contribution in [0, 0.1) is 0 Å². The molecule has 3 nitrogen and oxygen atoms in total. The average Bonchev–Trinajstić information content (AvgIpc) is 2.44. The zero-order chi connectivity index (χ0) is 9.84. The lowest BCUT2D eigenvalue weighted by molar-refractivity contribution is 0.528. The molecular formula is C10H18N2O. The van der Waals surface area contributed by atoms with E-state index in [1.807, 2.05) is 10.9 Å². The summed E-state index contributed by atoms with van der Waals surface area (Å²) in [6, 6.07) is 0.336. The fourth-order valence-corrected chi connectivity index (χ4v) is 1.27. The zero-order valence-electron chi connectivity index (χ0n) is 8.63. The van der Waals surface area contributed by atoms with E-state index in [0.29, 0.717) is 6.04 Å². The summed E-state index contributed by atoms with van der Waals surface area (Å²) in [4.78, 5) is 11.4. The maximum absolute atomic E-state index is 11.4. The maximum Gasteiger partial charge on any atom is 0.267 e. The average molecular weight is 182 g/mol. The van der Waals surface area contributed by atoms with E-state index in [0.717, 1.165) is 24.8 Å². The van der Waals surface area contributed by atoms with Crippen LogP contribution < -0.4 is 5.56 Å². The molecule has 74 valence electrons. The van der Waals surface area contributed by atoms with Gasteiger partial charge in [-0.05, 0) is 26.7 Å². The van der Waals surface area contributed by atoms with E-state index in [2.05, 4.69) is 25.9 Å². The third kappa shape index (κ3) is 2.47. The summed E-state index contributed by atoms with van der Waals surface area (Å²) >= 11 is 0. The Hall–Kier alpha value is -0.990. The first-order chi connectivity index (χ1) is 6.15. The molecule has 0 spiro atoms. The first kappa shape index (κ1) is 10.1. The largest absolute Gasteiger partial charge is 0.290 e. The molecule has 13 heavy (non-hydrogen) atoms. The quantitative estimate of drug-likeness (QED) is 0.760. The lowest BCUT2D eigenvalue weighted by Gasteiger charge is -2.04. The Kier molecular flexibility index (Phi) is 3.34. The van der Waals surface area contributed by atoms with Gasteiger partial charge >= 0.3 is 0 Å². The van der Waals surface area contributed by atoms with Crippen LogP contribution in [-0.2, 0) is 6.42 Å². The fourth-order valence-electron chi connectivity index (χ4n) is 1.27. The van der Waals surface area contributed by atoms with Gasteiger partial charge in [0.1, 0.15) is 0 Å². The number of hydrogen-bond donors (Lipinski definition) is 1. The van der Waals surface area contributed by atoms with Crippen molar-refractivity contribution in [1.29, 1.82) is 0 Å². The maximum atomic E-state index is 11.4. The normalized spacial score (nSPS) is 11.1. The van der Waals surface area contributed by atoms with Crippen LogP contribution in [0.1, 0.15) is 45.2 Å². The van der Waals surface area contributed by atoms with Crippen LogP contribution >= 0.6 is 0 Å². The number of H-pyrrole nitrogens is 1. The van der Waals surface area contributed by atoms with Crippen molar-refractivity contribution in [2.45, 2.75) is 46.1 Å². The van der Waals surface area contributed by atoms with Gasteiger partial charge in [-0.2, -0.15) is 0 Å². The van der Waals surface area contributed by atoms with Crippen LogP contribution in [0.3, 0.4) is 0 Å². The number of hydrogen-bond acceptors (Lipinski definition) is 1. The summed E-state index contributed by atoms with van der Waals surface area (Å²) < 4.78 is 1.87. The van der Waals surface area contributed by atoms with Crippen molar-refractivity contribution in [2.24, 2.45) is 0 Å². The summed E-state index contributed by atoms with van der Waals surface area (Å²) in [7, 11) is 0. The highest BCUT2D eigenvalue weighted by Crippen LogP contribution is 2.04. The molecule has 1 aromatic rings. The van der Waals surface area contributed by atoms with E-state index in [1.54, 1.807) is 0 Å². The smallest absolute Gasteiger partial charge is 0.267 e. The standard InChI is InChI=1S/C10H18N2O/c1-4-5-6-9-7-12(8(2)3)11-10(9)13/h7-8H,4-6H2,1-3H3,(H,11,13). The predicted octanol–water partition coefficient (Wildman–Crippen LogP) is 2.10. The van der Waals surface area contributed by atoms with E-state index in [4.69, 9.17) is 0 Å². The number of aromatic nitrogens is 2. The Labute approximate surface area is 78.8 Å². The van der Waals surface area contributed by atoms with E-state index in [9.17, 15) is 4.79 Å². The van der Waals surface area contributed by atoms with Crippen LogP contribution in [0.5, 0.6) is 0 Å². The van der Waals surface area contributed by atoms with Gasteiger partial charge in [0.15, 0.2) is 0 Å². The molecule has 0 radical (unpaired) electrons. The molecule has 0 bridgehead atoms. The van der Waals surface area contributed by atoms with Gasteiger partial charge in [0, 0.05) is 17.8 Å².